The van der Waals surface area contributed by atoms with Crippen molar-refractivity contribution in [2.24, 2.45) is 11.7 Å². The summed E-state index contributed by atoms with van der Waals surface area (Å²) >= 11 is 0.957. The van der Waals surface area contributed by atoms with Gasteiger partial charge >= 0.3 is 0 Å². The zero-order valence-electron chi connectivity index (χ0n) is 11.5. The first-order chi connectivity index (χ1) is 10.5. The van der Waals surface area contributed by atoms with E-state index < -0.39 is 27.9 Å². The number of carbonyl (C=O) groups is 1. The molecule has 1 amide bonds. The molecule has 1 heterocycles. The summed E-state index contributed by atoms with van der Waals surface area (Å²) in [5.41, 5.74) is 6.23. The average molecular weight is 338 g/mol. The summed E-state index contributed by atoms with van der Waals surface area (Å²) in [5.74, 6) is -1.06. The number of nitrogens with zero attached hydrogens (tertiary/aromatic N) is 2. The number of rotatable bonds is 4. The van der Waals surface area contributed by atoms with Gasteiger partial charge in [-0.3, -0.25) is 4.79 Å². The van der Waals surface area contributed by atoms with Crippen molar-refractivity contribution in [3.05, 3.63) is 30.4 Å². The van der Waals surface area contributed by atoms with Crippen LogP contribution >= 0.6 is 11.7 Å². The lowest BCUT2D eigenvalue weighted by Crippen LogP contribution is -2.46. The van der Waals surface area contributed by atoms with Gasteiger partial charge in [0.05, 0.1) is 17.6 Å². The summed E-state index contributed by atoms with van der Waals surface area (Å²) in [6, 6.07) is 4.25. The van der Waals surface area contributed by atoms with Gasteiger partial charge < -0.3 is 5.73 Å². The summed E-state index contributed by atoms with van der Waals surface area (Å²) in [7, 11) is -3.81. The molecule has 2 aromatic rings. The van der Waals surface area contributed by atoms with Crippen LogP contribution in [0.25, 0.3) is 11.0 Å². The number of fused-ring (bicyclic) bond motifs is 1. The Hall–Kier alpha value is -1.84. The Morgan fingerprint density at radius 1 is 1.27 bits per heavy atom. The Morgan fingerprint density at radius 2 is 2.05 bits per heavy atom. The number of nitrogens with two attached hydrogens (primary N) is 1. The molecule has 22 heavy (non-hydrogen) atoms. The molecule has 0 spiro atoms. The predicted molar refractivity (Wildman–Crippen MR) is 82.6 cm³/mol. The van der Waals surface area contributed by atoms with Gasteiger partial charge in [0.1, 0.15) is 15.9 Å². The molecule has 1 aliphatic rings. The number of amides is 1. The van der Waals surface area contributed by atoms with Gasteiger partial charge in [-0.2, -0.15) is 8.75 Å². The Kier molecular flexibility index (Phi) is 3.94. The highest BCUT2D eigenvalue weighted by Crippen LogP contribution is 2.24. The molecule has 0 unspecified atom stereocenters. The van der Waals surface area contributed by atoms with Gasteiger partial charge in [0.25, 0.3) is 0 Å². The summed E-state index contributed by atoms with van der Waals surface area (Å²) in [4.78, 5) is 11.6. The molecule has 116 valence electrons. The van der Waals surface area contributed by atoms with Crippen LogP contribution in [0.5, 0.6) is 0 Å². The van der Waals surface area contributed by atoms with E-state index in [0.29, 0.717) is 23.9 Å². The first-order valence-corrected chi connectivity index (χ1v) is 8.88. The van der Waals surface area contributed by atoms with Gasteiger partial charge in [0.2, 0.25) is 15.9 Å². The van der Waals surface area contributed by atoms with Crippen LogP contribution in [-0.2, 0) is 14.8 Å². The van der Waals surface area contributed by atoms with Crippen LogP contribution in [0, 0.1) is 5.92 Å². The van der Waals surface area contributed by atoms with E-state index in [1.165, 1.54) is 6.07 Å². The second-order valence-electron chi connectivity index (χ2n) is 5.07. The molecule has 0 bridgehead atoms. The van der Waals surface area contributed by atoms with Gasteiger partial charge in [-0.05, 0) is 25.0 Å². The third-order valence-electron chi connectivity index (χ3n) is 3.64. The molecule has 0 saturated heterocycles. The van der Waals surface area contributed by atoms with E-state index >= 15 is 0 Å². The van der Waals surface area contributed by atoms with E-state index in [1.807, 2.05) is 12.2 Å². The fourth-order valence-corrected chi connectivity index (χ4v) is 4.58. The summed E-state index contributed by atoms with van der Waals surface area (Å²) in [6.07, 6.45) is 4.55. The summed E-state index contributed by atoms with van der Waals surface area (Å²) < 4.78 is 35.9. The minimum Gasteiger partial charge on any atom is -0.369 e. The van der Waals surface area contributed by atoms with E-state index in [1.54, 1.807) is 12.1 Å². The number of aromatic nitrogens is 2. The molecule has 9 heteroatoms. The Balaban J connectivity index is 1.95. The number of hydrogen-bond acceptors (Lipinski definition) is 6. The molecule has 1 aromatic carbocycles. The molecule has 0 fully saturated rings. The van der Waals surface area contributed by atoms with Crippen molar-refractivity contribution in [1.82, 2.24) is 13.5 Å². The zero-order valence-corrected chi connectivity index (χ0v) is 13.1. The number of primary amides is 1. The highest BCUT2D eigenvalue weighted by atomic mass is 32.2. The maximum Gasteiger partial charge on any atom is 0.243 e. The fourth-order valence-electron chi connectivity index (χ4n) is 2.52. The van der Waals surface area contributed by atoms with Crippen molar-refractivity contribution in [3.8, 4) is 0 Å². The van der Waals surface area contributed by atoms with Crippen molar-refractivity contribution >= 4 is 38.7 Å². The standard InChI is InChI=1S/C13H14N4O3S2/c14-13(18)8-4-1-2-5-9(8)17-22(19,20)11-7-3-6-10-12(11)16-21-15-10/h1-3,6-9,17H,4-5H2,(H2,14,18)/t8-,9-/m0/s1. The van der Waals surface area contributed by atoms with Gasteiger partial charge in [0, 0.05) is 6.04 Å². The van der Waals surface area contributed by atoms with Crippen LogP contribution in [-0.4, -0.2) is 29.1 Å². The van der Waals surface area contributed by atoms with Gasteiger partial charge in [-0.25, -0.2) is 13.1 Å². The highest BCUT2D eigenvalue weighted by Gasteiger charge is 2.32. The number of nitrogens with one attached hydrogen (secondary N) is 1. The largest absolute Gasteiger partial charge is 0.369 e. The maximum absolute atomic E-state index is 12.6. The van der Waals surface area contributed by atoms with E-state index in [9.17, 15) is 13.2 Å². The molecule has 0 saturated carbocycles. The number of benzene rings is 1. The fraction of sp³-hybridized carbons (Fsp3) is 0.308. The molecular formula is C13H14N4O3S2. The lowest BCUT2D eigenvalue weighted by Gasteiger charge is -2.26. The monoisotopic (exact) mass is 338 g/mol. The van der Waals surface area contributed by atoms with Crippen molar-refractivity contribution in [1.29, 1.82) is 0 Å². The first kappa shape index (κ1) is 15.1. The van der Waals surface area contributed by atoms with Crippen LogP contribution in [0.1, 0.15) is 12.8 Å². The molecule has 2 atom stereocenters. The molecule has 3 N–H and O–H groups in total. The third-order valence-corrected chi connectivity index (χ3v) is 5.71. The lowest BCUT2D eigenvalue weighted by molar-refractivity contribution is -0.122. The highest BCUT2D eigenvalue weighted by molar-refractivity contribution is 7.89. The van der Waals surface area contributed by atoms with E-state index in [2.05, 4.69) is 13.5 Å². The number of sulfonamides is 1. The zero-order chi connectivity index (χ0) is 15.7. The summed E-state index contributed by atoms with van der Waals surface area (Å²) in [5, 5.41) is 0. The van der Waals surface area contributed by atoms with Crippen molar-refractivity contribution in [2.75, 3.05) is 0 Å². The second kappa shape index (κ2) is 5.75. The van der Waals surface area contributed by atoms with E-state index in [0.717, 1.165) is 11.7 Å². The summed E-state index contributed by atoms with van der Waals surface area (Å²) in [6.45, 7) is 0. The quantitative estimate of drug-likeness (QED) is 0.800. The molecule has 7 nitrogen and oxygen atoms in total. The minimum absolute atomic E-state index is 0.0662. The molecule has 1 aromatic heterocycles. The van der Waals surface area contributed by atoms with Crippen molar-refractivity contribution in [3.63, 3.8) is 0 Å². The molecule has 1 aliphatic carbocycles. The molecule has 3 rings (SSSR count). The number of carbonyl (C=O) groups excluding carboxylic acids is 1. The van der Waals surface area contributed by atoms with Crippen LogP contribution < -0.4 is 10.5 Å². The molecule has 0 radical (unpaired) electrons. The van der Waals surface area contributed by atoms with Gasteiger partial charge in [-0.15, -0.1) is 0 Å². The maximum atomic E-state index is 12.6. The third kappa shape index (κ3) is 2.74. The smallest absolute Gasteiger partial charge is 0.243 e. The normalized spacial score (nSPS) is 22.0. The van der Waals surface area contributed by atoms with Gasteiger partial charge in [-0.1, -0.05) is 18.2 Å². The Morgan fingerprint density at radius 3 is 2.82 bits per heavy atom. The van der Waals surface area contributed by atoms with Crippen LogP contribution in [0.3, 0.4) is 0 Å². The van der Waals surface area contributed by atoms with Crippen LogP contribution in [0.2, 0.25) is 0 Å². The average Bonchev–Trinajstić information content (AvgIpc) is 2.95. The van der Waals surface area contributed by atoms with Crippen LogP contribution in [0.4, 0.5) is 0 Å². The topological polar surface area (TPSA) is 115 Å². The second-order valence-corrected chi connectivity index (χ2v) is 7.28. The SMILES string of the molecule is NC(=O)[C@H]1CC=CC[C@@H]1NS(=O)(=O)c1cccc2nsnc12. The van der Waals surface area contributed by atoms with Gasteiger partial charge in [0.15, 0.2) is 0 Å². The lowest BCUT2D eigenvalue weighted by atomic mass is 9.89. The molecule has 0 aliphatic heterocycles. The van der Waals surface area contributed by atoms with E-state index in [4.69, 9.17) is 5.73 Å². The Labute approximate surface area is 131 Å². The first-order valence-electron chi connectivity index (χ1n) is 6.67. The molecular weight excluding hydrogens is 324 g/mol. The number of allylic oxidation sites excluding steroid dienone is 1. The Bertz CT molecular complexity index is 844. The minimum atomic E-state index is -3.81. The van der Waals surface area contributed by atoms with E-state index in [-0.39, 0.29) is 4.90 Å². The van der Waals surface area contributed by atoms with Crippen LogP contribution in [0.15, 0.2) is 35.2 Å². The number of hydrogen-bond donors (Lipinski definition) is 2. The van der Waals surface area contributed by atoms with Crippen molar-refractivity contribution in [2.45, 2.75) is 23.8 Å². The predicted octanol–water partition coefficient (Wildman–Crippen LogP) is 0.790. The van der Waals surface area contributed by atoms with Crippen molar-refractivity contribution < 1.29 is 13.2 Å².